The summed E-state index contributed by atoms with van der Waals surface area (Å²) in [5.41, 5.74) is 3.38. The van der Waals surface area contributed by atoms with E-state index in [9.17, 15) is 15.2 Å². The zero-order valence-corrected chi connectivity index (χ0v) is 15.3. The summed E-state index contributed by atoms with van der Waals surface area (Å²) in [6.07, 6.45) is 0.680. The molecule has 0 atom stereocenters. The van der Waals surface area contributed by atoms with Crippen molar-refractivity contribution >= 4 is 11.5 Å². The van der Waals surface area contributed by atoms with Crippen molar-refractivity contribution in [1.82, 2.24) is 9.97 Å². The van der Waals surface area contributed by atoms with Gasteiger partial charge in [0.15, 0.2) is 0 Å². The maximum absolute atomic E-state index is 10.7. The van der Waals surface area contributed by atoms with Gasteiger partial charge >= 0.3 is 6.01 Å². The molecule has 3 rings (SSSR count). The van der Waals surface area contributed by atoms with Crippen LogP contribution >= 0.6 is 0 Å². The molecule has 0 fully saturated rings. The number of methoxy groups -OCH3 is 1. The third-order valence-corrected chi connectivity index (χ3v) is 4.16. The summed E-state index contributed by atoms with van der Waals surface area (Å²) in [7, 11) is 1.50. The van der Waals surface area contributed by atoms with Crippen LogP contribution < -0.4 is 10.1 Å². The predicted octanol–water partition coefficient (Wildman–Crippen LogP) is 3.21. The zero-order valence-electron chi connectivity index (χ0n) is 15.3. The number of rotatable bonds is 8. The maximum Gasteiger partial charge on any atom is 0.318 e. The number of nitrogens with zero attached hydrogens (tertiary/aromatic N) is 3. The van der Waals surface area contributed by atoms with Crippen molar-refractivity contribution in [2.24, 2.45) is 0 Å². The van der Waals surface area contributed by atoms with Gasteiger partial charge < -0.3 is 15.2 Å². The second-order valence-electron chi connectivity index (χ2n) is 6.08. The van der Waals surface area contributed by atoms with E-state index >= 15 is 0 Å². The lowest BCUT2D eigenvalue weighted by atomic mass is 10.1. The van der Waals surface area contributed by atoms with Crippen LogP contribution in [0.4, 0.5) is 11.5 Å². The molecule has 0 aliphatic carbocycles. The number of nitrogens with one attached hydrogen (secondary N) is 1. The van der Waals surface area contributed by atoms with E-state index in [1.165, 1.54) is 19.2 Å². The standard InChI is InChI=1S/C20H20N4O4/c1-28-20-22-18(16-4-2-3-15(11-16)13-25)12-19(23-20)21-10-9-14-5-7-17(8-6-14)24(26)27/h2-8,11-12,25H,9-10,13H2,1H3,(H,21,22,23). The number of nitro groups is 1. The Bertz CT molecular complexity index is 961. The minimum absolute atomic E-state index is 0.0452. The number of non-ortho nitro benzene ring substituents is 1. The third-order valence-electron chi connectivity index (χ3n) is 4.16. The highest BCUT2D eigenvalue weighted by Crippen LogP contribution is 2.23. The molecule has 1 heterocycles. The summed E-state index contributed by atoms with van der Waals surface area (Å²) in [5.74, 6) is 0.609. The van der Waals surface area contributed by atoms with E-state index in [2.05, 4.69) is 15.3 Å². The van der Waals surface area contributed by atoms with Gasteiger partial charge in [0.2, 0.25) is 0 Å². The molecule has 8 heteroatoms. The molecule has 0 unspecified atom stereocenters. The van der Waals surface area contributed by atoms with E-state index in [1.807, 2.05) is 30.3 Å². The first-order valence-corrected chi connectivity index (χ1v) is 8.69. The molecule has 0 bridgehead atoms. The first-order valence-electron chi connectivity index (χ1n) is 8.69. The summed E-state index contributed by atoms with van der Waals surface area (Å²) in [6, 6.07) is 16.0. The van der Waals surface area contributed by atoms with Gasteiger partial charge in [0.1, 0.15) is 5.82 Å². The number of hydrogen-bond acceptors (Lipinski definition) is 7. The molecule has 0 saturated carbocycles. The fourth-order valence-corrected chi connectivity index (χ4v) is 2.70. The molecule has 1 aromatic heterocycles. The highest BCUT2D eigenvalue weighted by Gasteiger charge is 2.08. The maximum atomic E-state index is 10.7. The van der Waals surface area contributed by atoms with Crippen LogP contribution in [0.15, 0.2) is 54.6 Å². The fraction of sp³-hybridized carbons (Fsp3) is 0.200. The quantitative estimate of drug-likeness (QED) is 0.456. The summed E-state index contributed by atoms with van der Waals surface area (Å²) >= 11 is 0. The largest absolute Gasteiger partial charge is 0.467 e. The van der Waals surface area contributed by atoms with E-state index in [4.69, 9.17) is 4.74 Å². The van der Waals surface area contributed by atoms with Crippen LogP contribution in [0.2, 0.25) is 0 Å². The van der Waals surface area contributed by atoms with Gasteiger partial charge in [0.05, 0.1) is 24.3 Å². The predicted molar refractivity (Wildman–Crippen MR) is 105 cm³/mol. The second kappa shape index (κ2) is 8.92. The van der Waals surface area contributed by atoms with Gasteiger partial charge in [0, 0.05) is 30.3 Å². The molecule has 0 aliphatic heterocycles. The van der Waals surface area contributed by atoms with Gasteiger partial charge in [-0.1, -0.05) is 30.3 Å². The topological polar surface area (TPSA) is 110 Å². The number of benzene rings is 2. The van der Waals surface area contributed by atoms with Gasteiger partial charge in [-0.3, -0.25) is 10.1 Å². The lowest BCUT2D eigenvalue weighted by molar-refractivity contribution is -0.384. The van der Waals surface area contributed by atoms with Crippen LogP contribution in [0.1, 0.15) is 11.1 Å². The lowest BCUT2D eigenvalue weighted by Crippen LogP contribution is -2.08. The molecule has 144 valence electrons. The van der Waals surface area contributed by atoms with Crippen molar-refractivity contribution in [2.45, 2.75) is 13.0 Å². The SMILES string of the molecule is COc1nc(NCCc2ccc([N+](=O)[O-])cc2)cc(-c2cccc(CO)c2)n1. The van der Waals surface area contributed by atoms with Crippen LogP contribution in [0, 0.1) is 10.1 Å². The first kappa shape index (κ1) is 19.2. The Morgan fingerprint density at radius 1 is 1.11 bits per heavy atom. The van der Waals surface area contributed by atoms with Crippen molar-refractivity contribution in [1.29, 1.82) is 0 Å². The van der Waals surface area contributed by atoms with Crippen LogP contribution in [0.5, 0.6) is 6.01 Å². The highest BCUT2D eigenvalue weighted by molar-refractivity contribution is 5.63. The first-order chi connectivity index (χ1) is 13.6. The Morgan fingerprint density at radius 3 is 2.57 bits per heavy atom. The normalized spacial score (nSPS) is 10.5. The molecule has 2 aromatic carbocycles. The molecule has 2 N–H and O–H groups in total. The molecule has 3 aromatic rings. The molecular formula is C20H20N4O4. The van der Waals surface area contributed by atoms with Crippen LogP contribution in [0.25, 0.3) is 11.3 Å². The molecule has 0 amide bonds. The van der Waals surface area contributed by atoms with Crippen LogP contribution in [0.3, 0.4) is 0 Å². The number of anilines is 1. The molecular weight excluding hydrogens is 360 g/mol. The third kappa shape index (κ3) is 4.80. The average Bonchev–Trinajstić information content (AvgIpc) is 2.74. The Labute approximate surface area is 162 Å². The number of nitro benzene ring substituents is 1. The van der Waals surface area contributed by atoms with Gasteiger partial charge in [-0.25, -0.2) is 0 Å². The van der Waals surface area contributed by atoms with Gasteiger partial charge in [0.25, 0.3) is 5.69 Å². The number of aliphatic hydroxyl groups is 1. The monoisotopic (exact) mass is 380 g/mol. The molecule has 0 radical (unpaired) electrons. The van der Waals surface area contributed by atoms with E-state index in [1.54, 1.807) is 12.1 Å². The molecule has 8 nitrogen and oxygen atoms in total. The lowest BCUT2D eigenvalue weighted by Gasteiger charge is -2.10. The Kier molecular flexibility index (Phi) is 6.13. The van der Waals surface area contributed by atoms with E-state index in [0.29, 0.717) is 24.5 Å². The second-order valence-corrected chi connectivity index (χ2v) is 6.08. The highest BCUT2D eigenvalue weighted by atomic mass is 16.6. The van der Waals surface area contributed by atoms with Crippen molar-refractivity contribution in [3.05, 3.63) is 75.8 Å². The van der Waals surface area contributed by atoms with Crippen molar-refractivity contribution in [3.8, 4) is 17.3 Å². The number of aliphatic hydroxyl groups excluding tert-OH is 1. The van der Waals surface area contributed by atoms with Crippen molar-refractivity contribution < 1.29 is 14.8 Å². The summed E-state index contributed by atoms with van der Waals surface area (Å²) in [6.45, 7) is 0.546. The number of ether oxygens (including phenoxy) is 1. The minimum Gasteiger partial charge on any atom is -0.467 e. The molecule has 0 spiro atoms. The van der Waals surface area contributed by atoms with Gasteiger partial charge in [-0.15, -0.1) is 0 Å². The zero-order chi connectivity index (χ0) is 19.9. The fourth-order valence-electron chi connectivity index (χ4n) is 2.70. The smallest absolute Gasteiger partial charge is 0.318 e. The Morgan fingerprint density at radius 2 is 1.89 bits per heavy atom. The summed E-state index contributed by atoms with van der Waals surface area (Å²) < 4.78 is 5.20. The number of aromatic nitrogens is 2. The van der Waals surface area contributed by atoms with E-state index in [0.717, 1.165) is 16.7 Å². The Hall–Kier alpha value is -3.52. The number of hydrogen-bond donors (Lipinski definition) is 2. The summed E-state index contributed by atoms with van der Waals surface area (Å²) in [5, 5.41) is 23.3. The van der Waals surface area contributed by atoms with Gasteiger partial charge in [-0.05, 0) is 23.6 Å². The molecule has 0 aliphatic rings. The van der Waals surface area contributed by atoms with Crippen LogP contribution in [-0.2, 0) is 13.0 Å². The molecule has 0 saturated heterocycles. The Balaban J connectivity index is 1.72. The van der Waals surface area contributed by atoms with E-state index < -0.39 is 4.92 Å². The van der Waals surface area contributed by atoms with Gasteiger partial charge in [-0.2, -0.15) is 9.97 Å². The van der Waals surface area contributed by atoms with Crippen LogP contribution in [-0.4, -0.2) is 33.7 Å². The van der Waals surface area contributed by atoms with Crippen molar-refractivity contribution in [3.63, 3.8) is 0 Å². The van der Waals surface area contributed by atoms with Crippen molar-refractivity contribution in [2.75, 3.05) is 19.0 Å². The van der Waals surface area contributed by atoms with E-state index in [-0.39, 0.29) is 18.3 Å². The average molecular weight is 380 g/mol. The minimum atomic E-state index is -0.414. The summed E-state index contributed by atoms with van der Waals surface area (Å²) in [4.78, 5) is 19.0. The molecule has 28 heavy (non-hydrogen) atoms.